The van der Waals surface area contributed by atoms with Gasteiger partial charge in [0, 0.05) is 5.38 Å². The summed E-state index contributed by atoms with van der Waals surface area (Å²) in [6.45, 7) is 4.25. The smallest absolute Gasteiger partial charge is 0.117 e. The number of nitrogens with zero attached hydrogens (tertiary/aromatic N) is 3. The molecule has 90 valence electrons. The lowest BCUT2D eigenvalue weighted by Crippen LogP contribution is -1.79. The van der Waals surface area contributed by atoms with Gasteiger partial charge in [-0.05, 0) is 60.8 Å². The first-order valence-electron chi connectivity index (χ1n) is 5.55. The van der Waals surface area contributed by atoms with Gasteiger partial charge in [-0.25, -0.2) is 4.98 Å². The molecule has 0 unspecified atom stereocenters. The van der Waals surface area contributed by atoms with Crippen molar-refractivity contribution in [2.24, 2.45) is 0 Å². The first-order valence-corrected chi connectivity index (χ1v) is 7.20. The van der Waals surface area contributed by atoms with Gasteiger partial charge in [-0.15, -0.1) is 16.4 Å². The number of hydrogen-bond donors (Lipinski definition) is 0. The maximum atomic E-state index is 4.60. The molecule has 0 aliphatic heterocycles. The van der Waals surface area contributed by atoms with Crippen LogP contribution in [0.2, 0.25) is 0 Å². The van der Waals surface area contributed by atoms with E-state index in [1.54, 1.807) is 11.3 Å². The number of aryl methyl sites for hydroxylation is 2. The maximum absolute atomic E-state index is 4.60. The molecule has 0 spiro atoms. The third kappa shape index (κ3) is 2.19. The Morgan fingerprint density at radius 2 is 1.94 bits per heavy atom. The van der Waals surface area contributed by atoms with Crippen molar-refractivity contribution >= 4 is 45.2 Å². The van der Waals surface area contributed by atoms with Gasteiger partial charge in [-0.1, -0.05) is 4.49 Å². The molecule has 5 heteroatoms. The Labute approximate surface area is 113 Å². The highest BCUT2D eigenvalue weighted by molar-refractivity contribution is 7.19. The van der Waals surface area contributed by atoms with Gasteiger partial charge in [0.1, 0.15) is 5.01 Å². The lowest BCUT2D eigenvalue weighted by molar-refractivity contribution is 1.14. The Kier molecular flexibility index (Phi) is 2.93. The molecule has 0 bridgehead atoms. The van der Waals surface area contributed by atoms with E-state index >= 15 is 0 Å². The molecule has 2 aromatic heterocycles. The van der Waals surface area contributed by atoms with Crippen molar-refractivity contribution in [2.75, 3.05) is 0 Å². The average molecular weight is 273 g/mol. The van der Waals surface area contributed by atoms with Crippen LogP contribution in [0.5, 0.6) is 0 Å². The average Bonchev–Trinajstić information content (AvgIpc) is 2.96. The Bertz CT molecular complexity index is 672. The molecule has 0 N–H and O–H groups in total. The van der Waals surface area contributed by atoms with Crippen LogP contribution in [-0.4, -0.2) is 14.6 Å². The van der Waals surface area contributed by atoms with Gasteiger partial charge in [-0.2, -0.15) is 0 Å². The molecule has 3 nitrogen and oxygen atoms in total. The second-order valence-corrected chi connectivity index (χ2v) is 5.79. The maximum Gasteiger partial charge on any atom is 0.117 e. The third-order valence-corrected chi connectivity index (χ3v) is 4.30. The summed E-state index contributed by atoms with van der Waals surface area (Å²) in [4.78, 5) is 4.60. The predicted octanol–water partition coefficient (Wildman–Crippen LogP) is 3.94. The van der Waals surface area contributed by atoms with Crippen molar-refractivity contribution < 1.29 is 0 Å². The van der Waals surface area contributed by atoms with Gasteiger partial charge in [-0.3, -0.25) is 0 Å². The molecule has 0 aliphatic rings. The largest absolute Gasteiger partial charge is 0.237 e. The molecule has 0 aliphatic carbocycles. The molecule has 0 fully saturated rings. The van der Waals surface area contributed by atoms with Gasteiger partial charge in [0.25, 0.3) is 0 Å². The summed E-state index contributed by atoms with van der Waals surface area (Å²) in [6, 6.07) is 4.34. The van der Waals surface area contributed by atoms with Gasteiger partial charge in [0.15, 0.2) is 0 Å². The summed E-state index contributed by atoms with van der Waals surface area (Å²) in [5.41, 5.74) is 4.54. The zero-order chi connectivity index (χ0) is 12.5. The Morgan fingerprint density at radius 1 is 1.11 bits per heavy atom. The molecule has 0 saturated heterocycles. The Hall–Kier alpha value is -1.59. The number of hydrogen-bond acceptors (Lipinski definition) is 5. The molecular weight excluding hydrogens is 262 g/mol. The monoisotopic (exact) mass is 273 g/mol. The molecular formula is C13H11N3S2. The highest BCUT2D eigenvalue weighted by Crippen LogP contribution is 2.26. The highest BCUT2D eigenvalue weighted by atomic mass is 32.1. The summed E-state index contributed by atoms with van der Waals surface area (Å²) in [7, 11) is 0. The van der Waals surface area contributed by atoms with Crippen LogP contribution in [0.1, 0.15) is 21.8 Å². The lowest BCUT2D eigenvalue weighted by Gasteiger charge is -1.96. The van der Waals surface area contributed by atoms with E-state index in [2.05, 4.69) is 40.6 Å². The topological polar surface area (TPSA) is 38.7 Å². The lowest BCUT2D eigenvalue weighted by atomic mass is 10.1. The van der Waals surface area contributed by atoms with Crippen LogP contribution in [0.4, 0.5) is 0 Å². The first kappa shape index (κ1) is 11.5. The summed E-state index contributed by atoms with van der Waals surface area (Å²) in [6.07, 6.45) is 3.94. The number of fused-ring (bicyclic) bond motifs is 1. The minimum absolute atomic E-state index is 0.881. The quantitative estimate of drug-likeness (QED) is 0.710. The van der Waals surface area contributed by atoms with E-state index in [0.717, 1.165) is 16.2 Å². The summed E-state index contributed by atoms with van der Waals surface area (Å²) >= 11 is 3.05. The van der Waals surface area contributed by atoms with Crippen molar-refractivity contribution in [2.45, 2.75) is 13.8 Å². The van der Waals surface area contributed by atoms with Crippen molar-refractivity contribution in [1.82, 2.24) is 14.6 Å². The second kappa shape index (κ2) is 4.59. The van der Waals surface area contributed by atoms with E-state index in [9.17, 15) is 0 Å². The minimum Gasteiger partial charge on any atom is -0.237 e. The van der Waals surface area contributed by atoms with Crippen molar-refractivity contribution in [3.05, 3.63) is 39.3 Å². The van der Waals surface area contributed by atoms with Crippen LogP contribution in [0.15, 0.2) is 17.5 Å². The minimum atomic E-state index is 0.881. The zero-order valence-electron chi connectivity index (χ0n) is 10.0. The van der Waals surface area contributed by atoms with E-state index in [1.165, 1.54) is 27.4 Å². The fourth-order valence-corrected chi connectivity index (χ4v) is 3.04. The van der Waals surface area contributed by atoms with Crippen molar-refractivity contribution in [3.8, 4) is 0 Å². The molecule has 3 rings (SSSR count). The van der Waals surface area contributed by atoms with E-state index in [4.69, 9.17) is 0 Å². The Morgan fingerprint density at radius 3 is 2.72 bits per heavy atom. The summed E-state index contributed by atoms with van der Waals surface area (Å²) in [5, 5.41) is 6.89. The molecule has 1 aromatic carbocycles. The fraction of sp³-hybridized carbons (Fsp3) is 0.154. The van der Waals surface area contributed by atoms with Gasteiger partial charge >= 0.3 is 0 Å². The van der Waals surface area contributed by atoms with Crippen LogP contribution in [-0.2, 0) is 0 Å². The van der Waals surface area contributed by atoms with Crippen LogP contribution in [0.3, 0.4) is 0 Å². The SMILES string of the molecule is Cc1cc2nc(/C=C/c3csnn3)sc2cc1C. The first-order chi connectivity index (χ1) is 8.72. The molecule has 18 heavy (non-hydrogen) atoms. The van der Waals surface area contributed by atoms with Crippen molar-refractivity contribution in [3.63, 3.8) is 0 Å². The fourth-order valence-electron chi connectivity index (χ4n) is 1.67. The number of benzene rings is 1. The normalized spacial score (nSPS) is 11.7. The van der Waals surface area contributed by atoms with Crippen LogP contribution in [0.25, 0.3) is 22.4 Å². The molecule has 0 radical (unpaired) electrons. The number of aromatic nitrogens is 3. The highest BCUT2D eigenvalue weighted by Gasteiger charge is 2.03. The van der Waals surface area contributed by atoms with E-state index in [1.807, 2.05) is 17.5 Å². The van der Waals surface area contributed by atoms with E-state index in [0.29, 0.717) is 0 Å². The van der Waals surface area contributed by atoms with E-state index in [-0.39, 0.29) is 0 Å². The third-order valence-electron chi connectivity index (χ3n) is 2.79. The molecule has 2 heterocycles. The summed E-state index contributed by atoms with van der Waals surface area (Å²) < 4.78 is 5.05. The van der Waals surface area contributed by atoms with Gasteiger partial charge in [0.05, 0.1) is 15.9 Å². The second-order valence-electron chi connectivity index (χ2n) is 4.12. The predicted molar refractivity (Wildman–Crippen MR) is 77.9 cm³/mol. The van der Waals surface area contributed by atoms with Crippen LogP contribution in [0, 0.1) is 13.8 Å². The van der Waals surface area contributed by atoms with Crippen LogP contribution < -0.4 is 0 Å². The van der Waals surface area contributed by atoms with E-state index < -0.39 is 0 Å². The molecule has 0 atom stereocenters. The molecule has 0 amide bonds. The zero-order valence-corrected chi connectivity index (χ0v) is 11.7. The van der Waals surface area contributed by atoms with Crippen LogP contribution >= 0.6 is 22.9 Å². The number of thiazole rings is 1. The molecule has 0 saturated carbocycles. The molecule has 3 aromatic rings. The van der Waals surface area contributed by atoms with Gasteiger partial charge in [0.2, 0.25) is 0 Å². The summed E-state index contributed by atoms with van der Waals surface area (Å²) in [5.74, 6) is 0. The number of rotatable bonds is 2. The van der Waals surface area contributed by atoms with Gasteiger partial charge < -0.3 is 0 Å². The Balaban J connectivity index is 1.98. The standard InChI is InChI=1S/C13H11N3S2/c1-8-5-11-12(6-9(8)2)18-13(14-11)4-3-10-7-17-16-15-10/h3-7H,1-2H3/b4-3+. The van der Waals surface area contributed by atoms with Crippen molar-refractivity contribution in [1.29, 1.82) is 0 Å².